The monoisotopic (exact) mass is 386 g/mol. The fourth-order valence-corrected chi connectivity index (χ4v) is 3.39. The zero-order valence-electron chi connectivity index (χ0n) is 12.9. The number of aryl methyl sites for hydroxylation is 2. The average molecular weight is 387 g/mol. The molecule has 0 heterocycles. The first kappa shape index (κ1) is 18.6. The van der Waals surface area contributed by atoms with Crippen LogP contribution in [0.15, 0.2) is 35.2 Å². The zero-order chi connectivity index (χ0) is 18.9. The van der Waals surface area contributed by atoms with Crippen LogP contribution in [-0.4, -0.2) is 18.3 Å². The predicted octanol–water partition coefficient (Wildman–Crippen LogP) is 3.54. The Morgan fingerprint density at radius 1 is 1.00 bits per heavy atom. The minimum Gasteiger partial charge on any atom is -0.377 e. The molecule has 0 N–H and O–H groups in total. The number of benzene rings is 2. The van der Waals surface area contributed by atoms with E-state index in [0.717, 1.165) is 30.3 Å². The number of nitro groups is 2. The Morgan fingerprint density at radius 2 is 1.60 bits per heavy atom. The van der Waals surface area contributed by atoms with Crippen molar-refractivity contribution in [1.82, 2.24) is 0 Å². The summed E-state index contributed by atoms with van der Waals surface area (Å²) in [6.45, 7) is 3.20. The van der Waals surface area contributed by atoms with Gasteiger partial charge in [-0.3, -0.25) is 20.2 Å². The highest BCUT2D eigenvalue weighted by Crippen LogP contribution is 2.34. The third-order valence-electron chi connectivity index (χ3n) is 3.37. The van der Waals surface area contributed by atoms with Crippen molar-refractivity contribution in [2.24, 2.45) is 0 Å². The van der Waals surface area contributed by atoms with Crippen LogP contribution in [0, 0.1) is 34.1 Å². The van der Waals surface area contributed by atoms with E-state index >= 15 is 0 Å². The van der Waals surface area contributed by atoms with Gasteiger partial charge in [-0.2, -0.15) is 8.42 Å². The molecular formula is C14H11ClN2O7S. The molecule has 0 aromatic heterocycles. The Morgan fingerprint density at radius 3 is 2.12 bits per heavy atom. The van der Waals surface area contributed by atoms with E-state index in [0.29, 0.717) is 11.1 Å². The summed E-state index contributed by atoms with van der Waals surface area (Å²) in [7, 11) is -4.58. The molecule has 0 amide bonds. The van der Waals surface area contributed by atoms with Crippen LogP contribution in [0.3, 0.4) is 0 Å². The van der Waals surface area contributed by atoms with Gasteiger partial charge in [0, 0.05) is 18.2 Å². The Labute approximate surface area is 147 Å². The second kappa shape index (κ2) is 6.65. The number of hydrogen-bond acceptors (Lipinski definition) is 7. The van der Waals surface area contributed by atoms with E-state index in [2.05, 4.69) is 0 Å². The average Bonchev–Trinajstić information content (AvgIpc) is 2.50. The predicted molar refractivity (Wildman–Crippen MR) is 88.5 cm³/mol. The molecule has 25 heavy (non-hydrogen) atoms. The van der Waals surface area contributed by atoms with Crippen LogP contribution in [0.5, 0.6) is 5.75 Å². The third-order valence-corrected chi connectivity index (χ3v) is 4.93. The lowest BCUT2D eigenvalue weighted by molar-refractivity contribution is -0.388. The normalized spacial score (nSPS) is 11.2. The van der Waals surface area contributed by atoms with Crippen LogP contribution in [0.25, 0.3) is 0 Å². The lowest BCUT2D eigenvalue weighted by Gasteiger charge is -2.10. The highest BCUT2D eigenvalue weighted by atomic mass is 35.5. The summed E-state index contributed by atoms with van der Waals surface area (Å²) >= 11 is 5.80. The molecule has 0 saturated carbocycles. The summed E-state index contributed by atoms with van der Waals surface area (Å²) in [6.07, 6.45) is 0. The minimum atomic E-state index is -4.58. The van der Waals surface area contributed by atoms with Gasteiger partial charge < -0.3 is 4.18 Å². The molecule has 0 bridgehead atoms. The molecular weight excluding hydrogens is 376 g/mol. The van der Waals surface area contributed by atoms with E-state index in [-0.39, 0.29) is 16.5 Å². The number of rotatable bonds is 5. The van der Waals surface area contributed by atoms with Gasteiger partial charge in [-0.05, 0) is 37.1 Å². The van der Waals surface area contributed by atoms with Crippen molar-refractivity contribution in [3.8, 4) is 5.75 Å². The van der Waals surface area contributed by atoms with E-state index in [4.69, 9.17) is 15.8 Å². The maximum atomic E-state index is 12.4. The Kier molecular flexibility index (Phi) is 4.95. The standard InChI is InChI=1S/C14H11ClN2O7S/c1-8-5-12(17(20)21)14(6-9(8)2)25(22,23)24-13-4-3-10(16(18)19)7-11(13)15/h3-7H,1-2H3. The number of non-ortho nitro benzene ring substituents is 1. The first-order chi connectivity index (χ1) is 11.5. The molecule has 132 valence electrons. The van der Waals surface area contributed by atoms with Crippen LogP contribution >= 0.6 is 11.6 Å². The van der Waals surface area contributed by atoms with Crippen LogP contribution in [-0.2, 0) is 10.1 Å². The summed E-state index contributed by atoms with van der Waals surface area (Å²) < 4.78 is 29.7. The van der Waals surface area contributed by atoms with Crippen molar-refractivity contribution in [2.45, 2.75) is 18.7 Å². The molecule has 0 aliphatic carbocycles. The Bertz CT molecular complexity index is 989. The maximum absolute atomic E-state index is 12.4. The van der Waals surface area contributed by atoms with Gasteiger partial charge in [0.15, 0.2) is 10.6 Å². The van der Waals surface area contributed by atoms with E-state index in [1.54, 1.807) is 13.8 Å². The molecule has 0 spiro atoms. The van der Waals surface area contributed by atoms with E-state index in [9.17, 15) is 28.6 Å². The summed E-state index contributed by atoms with van der Waals surface area (Å²) in [5, 5.41) is 21.5. The number of hydrogen-bond donors (Lipinski definition) is 0. The molecule has 0 aliphatic rings. The highest BCUT2D eigenvalue weighted by Gasteiger charge is 2.29. The fraction of sp³-hybridized carbons (Fsp3) is 0.143. The lowest BCUT2D eigenvalue weighted by Crippen LogP contribution is -2.13. The van der Waals surface area contributed by atoms with Gasteiger partial charge in [0.25, 0.3) is 11.4 Å². The smallest absolute Gasteiger partial charge is 0.346 e. The van der Waals surface area contributed by atoms with Crippen LogP contribution in [0.4, 0.5) is 11.4 Å². The topological polar surface area (TPSA) is 130 Å². The van der Waals surface area contributed by atoms with E-state index in [1.807, 2.05) is 0 Å². The van der Waals surface area contributed by atoms with Crippen LogP contribution < -0.4 is 4.18 Å². The van der Waals surface area contributed by atoms with E-state index < -0.39 is 30.5 Å². The number of halogens is 1. The summed E-state index contributed by atoms with van der Waals surface area (Å²) in [5.74, 6) is -0.375. The molecule has 0 atom stereocenters. The minimum absolute atomic E-state index is 0.315. The quantitative estimate of drug-likeness (QED) is 0.436. The van der Waals surface area contributed by atoms with Gasteiger partial charge in [-0.15, -0.1) is 0 Å². The number of nitro benzene ring substituents is 2. The zero-order valence-corrected chi connectivity index (χ0v) is 14.5. The van der Waals surface area contributed by atoms with Crippen molar-refractivity contribution in [2.75, 3.05) is 0 Å². The van der Waals surface area contributed by atoms with Crippen LogP contribution in [0.2, 0.25) is 5.02 Å². The molecule has 11 heteroatoms. The molecule has 2 rings (SSSR count). The van der Waals surface area contributed by atoms with E-state index in [1.165, 1.54) is 0 Å². The molecule has 9 nitrogen and oxygen atoms in total. The maximum Gasteiger partial charge on any atom is 0.346 e. The highest BCUT2D eigenvalue weighted by molar-refractivity contribution is 7.87. The Balaban J connectivity index is 2.52. The van der Waals surface area contributed by atoms with Gasteiger partial charge >= 0.3 is 10.1 Å². The van der Waals surface area contributed by atoms with Gasteiger partial charge in [-0.1, -0.05) is 11.6 Å². The third kappa shape index (κ3) is 3.86. The Hall–Kier alpha value is -2.72. The first-order valence-corrected chi connectivity index (χ1v) is 8.45. The second-order valence-corrected chi connectivity index (χ2v) is 6.99. The van der Waals surface area contributed by atoms with Gasteiger partial charge in [0.2, 0.25) is 0 Å². The molecule has 2 aromatic carbocycles. The van der Waals surface area contributed by atoms with Crippen molar-refractivity contribution < 1.29 is 22.4 Å². The summed E-state index contributed by atoms with van der Waals surface area (Å²) in [4.78, 5) is 19.7. The van der Waals surface area contributed by atoms with Gasteiger partial charge in [-0.25, -0.2) is 0 Å². The SMILES string of the molecule is Cc1cc([N+](=O)[O-])c(S(=O)(=O)Oc2ccc([N+](=O)[O-])cc2Cl)cc1C. The fourth-order valence-electron chi connectivity index (χ4n) is 1.95. The first-order valence-electron chi connectivity index (χ1n) is 6.67. The molecule has 2 aromatic rings. The van der Waals surface area contributed by atoms with Crippen LogP contribution in [0.1, 0.15) is 11.1 Å². The summed E-state index contributed by atoms with van der Waals surface area (Å²) in [6, 6.07) is 5.18. The molecule has 0 unspecified atom stereocenters. The van der Waals surface area contributed by atoms with Crippen molar-refractivity contribution in [3.63, 3.8) is 0 Å². The molecule has 0 fully saturated rings. The lowest BCUT2D eigenvalue weighted by atomic mass is 10.1. The molecule has 0 radical (unpaired) electrons. The number of nitrogens with zero attached hydrogens (tertiary/aromatic N) is 2. The molecule has 0 aliphatic heterocycles. The van der Waals surface area contributed by atoms with Crippen molar-refractivity contribution in [3.05, 3.63) is 66.7 Å². The van der Waals surface area contributed by atoms with Crippen molar-refractivity contribution in [1.29, 1.82) is 0 Å². The molecule has 0 saturated heterocycles. The second-order valence-electron chi connectivity index (χ2n) is 5.07. The van der Waals surface area contributed by atoms with Gasteiger partial charge in [0.05, 0.1) is 14.9 Å². The summed E-state index contributed by atoms with van der Waals surface area (Å²) in [5.41, 5.74) is 0.0645. The van der Waals surface area contributed by atoms with Gasteiger partial charge in [0.1, 0.15) is 0 Å². The van der Waals surface area contributed by atoms with Crippen molar-refractivity contribution >= 4 is 33.1 Å². The largest absolute Gasteiger partial charge is 0.377 e.